The van der Waals surface area contributed by atoms with Crippen molar-refractivity contribution in [3.05, 3.63) is 30.1 Å². The molecule has 2 rings (SSSR count). The van der Waals surface area contributed by atoms with E-state index in [4.69, 9.17) is 0 Å². The third-order valence-electron chi connectivity index (χ3n) is 2.32. The maximum Gasteiger partial charge on any atom is 1.00 e. The second-order valence-electron chi connectivity index (χ2n) is 4.16. The number of piperidine rings is 1. The molecule has 0 unspecified atom stereocenters. The summed E-state index contributed by atoms with van der Waals surface area (Å²) in [6, 6.07) is 6.76. The molecule has 0 bridgehead atoms. The summed E-state index contributed by atoms with van der Waals surface area (Å²) in [5, 5.41) is 2.20. The number of carbonyl (C=O) groups is 2. The average molecular weight is 273 g/mol. The molecular formula is C13H18KN2O2-. The van der Waals surface area contributed by atoms with Crippen molar-refractivity contribution in [1.29, 1.82) is 0 Å². The second-order valence-corrected chi connectivity index (χ2v) is 4.16. The Morgan fingerprint density at radius 3 is 2.22 bits per heavy atom. The fraction of sp³-hybridized carbons (Fsp3) is 0.462. The van der Waals surface area contributed by atoms with Crippen LogP contribution in [0.15, 0.2) is 18.3 Å². The molecule has 1 aliphatic rings. The summed E-state index contributed by atoms with van der Waals surface area (Å²) >= 11 is 0. The van der Waals surface area contributed by atoms with Gasteiger partial charge in [0.2, 0.25) is 11.8 Å². The molecule has 0 aliphatic carbocycles. The zero-order valence-electron chi connectivity index (χ0n) is 12.2. The van der Waals surface area contributed by atoms with Gasteiger partial charge in [-0.1, -0.05) is 20.0 Å². The van der Waals surface area contributed by atoms with Crippen molar-refractivity contribution >= 4 is 11.8 Å². The Hall–Kier alpha value is -0.0736. The van der Waals surface area contributed by atoms with Crippen LogP contribution in [-0.4, -0.2) is 16.8 Å². The molecule has 2 amide bonds. The van der Waals surface area contributed by atoms with Gasteiger partial charge in [0.25, 0.3) is 0 Å². The van der Waals surface area contributed by atoms with Crippen molar-refractivity contribution < 1.29 is 62.4 Å². The van der Waals surface area contributed by atoms with Crippen LogP contribution in [0.1, 0.15) is 46.1 Å². The summed E-state index contributed by atoms with van der Waals surface area (Å²) in [4.78, 5) is 24.8. The summed E-state index contributed by atoms with van der Waals surface area (Å²) in [7, 11) is 0. The van der Waals surface area contributed by atoms with E-state index >= 15 is 0 Å². The molecule has 4 nitrogen and oxygen atoms in total. The molecule has 2 heterocycles. The summed E-state index contributed by atoms with van der Waals surface area (Å²) in [5.74, 6) is 0.252. The molecule has 0 spiro atoms. The Morgan fingerprint density at radius 2 is 1.94 bits per heavy atom. The number of amides is 2. The third kappa shape index (κ3) is 7.38. The van der Waals surface area contributed by atoms with Gasteiger partial charge in [0.15, 0.2) is 0 Å². The van der Waals surface area contributed by atoms with E-state index in [1.54, 1.807) is 6.20 Å². The van der Waals surface area contributed by atoms with E-state index in [-0.39, 0.29) is 64.6 Å². The summed E-state index contributed by atoms with van der Waals surface area (Å²) in [6.45, 7) is 4.25. The summed E-state index contributed by atoms with van der Waals surface area (Å²) < 4.78 is 0. The van der Waals surface area contributed by atoms with E-state index in [2.05, 4.69) is 30.2 Å². The molecule has 1 aromatic heterocycles. The Kier molecular flexibility index (Phi) is 9.76. The monoisotopic (exact) mass is 273 g/mol. The molecule has 0 radical (unpaired) electrons. The molecule has 1 fully saturated rings. The van der Waals surface area contributed by atoms with Crippen LogP contribution >= 0.6 is 0 Å². The minimum Gasteiger partial charge on any atom is -1.00 e. The first-order chi connectivity index (χ1) is 8.09. The number of carbonyl (C=O) groups excluding carboxylic acids is 2. The van der Waals surface area contributed by atoms with E-state index in [1.165, 1.54) is 0 Å². The molecule has 1 saturated heterocycles. The predicted octanol–water partition coefficient (Wildman–Crippen LogP) is -1.07. The van der Waals surface area contributed by atoms with E-state index in [9.17, 15) is 9.59 Å². The summed E-state index contributed by atoms with van der Waals surface area (Å²) in [5.41, 5.74) is 1.13. The van der Waals surface area contributed by atoms with Crippen LogP contribution in [0.25, 0.3) is 0 Å². The maximum absolute atomic E-state index is 10.3. The first-order valence-corrected chi connectivity index (χ1v) is 5.74. The summed E-state index contributed by atoms with van der Waals surface area (Å²) in [6.07, 6.45) is 3.43. The zero-order valence-corrected chi connectivity index (χ0v) is 14.3. The van der Waals surface area contributed by atoms with Crippen LogP contribution in [0.3, 0.4) is 0 Å². The first kappa shape index (κ1) is 17.9. The molecule has 0 saturated carbocycles. The van der Waals surface area contributed by atoms with Crippen LogP contribution in [0.5, 0.6) is 0 Å². The number of nitrogens with one attached hydrogen (secondary N) is 1. The van der Waals surface area contributed by atoms with E-state index in [0.717, 1.165) is 5.69 Å². The number of pyridine rings is 1. The van der Waals surface area contributed by atoms with E-state index < -0.39 is 0 Å². The van der Waals surface area contributed by atoms with Crippen LogP contribution in [0.2, 0.25) is 0 Å². The fourth-order valence-corrected chi connectivity index (χ4v) is 1.36. The van der Waals surface area contributed by atoms with Gasteiger partial charge in [0.05, 0.1) is 0 Å². The molecule has 18 heavy (non-hydrogen) atoms. The van der Waals surface area contributed by atoms with E-state index in [0.29, 0.717) is 25.2 Å². The number of imide groups is 1. The van der Waals surface area contributed by atoms with Crippen LogP contribution in [0.4, 0.5) is 0 Å². The van der Waals surface area contributed by atoms with Gasteiger partial charge in [-0.25, -0.2) is 12.1 Å². The molecule has 5 heteroatoms. The van der Waals surface area contributed by atoms with Gasteiger partial charge in [-0.05, 0) is 18.0 Å². The quantitative estimate of drug-likeness (QED) is 0.403. The SMILES string of the molecule is CC(C)c1cc[c-]cn1.O=C1CCCC(=O)N1.[H-].[K+]. The van der Waals surface area contributed by atoms with Gasteiger partial charge in [0, 0.05) is 12.8 Å². The van der Waals surface area contributed by atoms with Crippen molar-refractivity contribution in [3.63, 3.8) is 0 Å². The number of rotatable bonds is 1. The van der Waals surface area contributed by atoms with Crippen LogP contribution in [0, 0.1) is 6.07 Å². The molecule has 0 aromatic carbocycles. The largest absolute Gasteiger partial charge is 1.00 e. The van der Waals surface area contributed by atoms with Crippen LogP contribution in [-0.2, 0) is 9.59 Å². The van der Waals surface area contributed by atoms with Gasteiger partial charge in [-0.3, -0.25) is 14.9 Å². The predicted molar refractivity (Wildman–Crippen MR) is 65.3 cm³/mol. The first-order valence-electron chi connectivity index (χ1n) is 5.74. The Morgan fingerprint density at radius 1 is 1.33 bits per heavy atom. The number of nitrogens with zero attached hydrogens (tertiary/aromatic N) is 1. The Balaban J connectivity index is 0. The minimum absolute atomic E-state index is 0. The molecule has 1 aromatic rings. The van der Waals surface area contributed by atoms with Gasteiger partial charge in [0.1, 0.15) is 0 Å². The number of aromatic nitrogens is 1. The fourth-order valence-electron chi connectivity index (χ4n) is 1.36. The van der Waals surface area contributed by atoms with Crippen molar-refractivity contribution in [2.24, 2.45) is 0 Å². The standard InChI is InChI=1S/C8H10N.C5H7NO2.K.H/c1-7(2)8-5-3-4-6-9-8;7-4-2-1-3-5(8)6-4;;/h3,5-7H,1-2H3;1-3H2,(H,6,7,8);;/q-1;;+1;-1. The maximum atomic E-state index is 10.3. The van der Waals surface area contributed by atoms with Gasteiger partial charge in [-0.15, -0.1) is 0 Å². The van der Waals surface area contributed by atoms with Crippen molar-refractivity contribution in [3.8, 4) is 0 Å². The van der Waals surface area contributed by atoms with Crippen molar-refractivity contribution in [1.82, 2.24) is 10.3 Å². The minimum atomic E-state index is -0.138. The smallest absolute Gasteiger partial charge is 1.00 e. The van der Waals surface area contributed by atoms with E-state index in [1.807, 2.05) is 12.1 Å². The molecular weight excluding hydrogens is 255 g/mol. The topological polar surface area (TPSA) is 59.1 Å². The molecule has 1 N–H and O–H groups in total. The zero-order chi connectivity index (χ0) is 12.7. The molecule has 94 valence electrons. The number of hydrogen-bond acceptors (Lipinski definition) is 3. The van der Waals surface area contributed by atoms with Crippen molar-refractivity contribution in [2.75, 3.05) is 0 Å². The Bertz CT molecular complexity index is 371. The second kappa shape index (κ2) is 9.80. The molecule has 1 aliphatic heterocycles. The average Bonchev–Trinajstić information content (AvgIpc) is 2.30. The number of hydrogen-bond donors (Lipinski definition) is 1. The van der Waals surface area contributed by atoms with Crippen molar-refractivity contribution in [2.45, 2.75) is 39.0 Å². The van der Waals surface area contributed by atoms with Gasteiger partial charge >= 0.3 is 51.4 Å². The Labute approximate surface area is 152 Å². The normalized spacial score (nSPS) is 14.2. The van der Waals surface area contributed by atoms with Gasteiger partial charge < -0.3 is 6.41 Å². The van der Waals surface area contributed by atoms with Crippen LogP contribution < -0.4 is 56.7 Å². The van der Waals surface area contributed by atoms with Gasteiger partial charge in [-0.2, -0.15) is 6.07 Å². The third-order valence-corrected chi connectivity index (χ3v) is 2.32. The molecule has 0 atom stereocenters.